The summed E-state index contributed by atoms with van der Waals surface area (Å²) in [6, 6.07) is 81.7. The third-order valence-electron chi connectivity index (χ3n) is 13.1. The van der Waals surface area contributed by atoms with Gasteiger partial charge >= 0.3 is 0 Å². The molecule has 0 saturated carbocycles. The van der Waals surface area contributed by atoms with E-state index in [-0.39, 0.29) is 0 Å². The Hall–Kier alpha value is -8.86. The van der Waals surface area contributed by atoms with Gasteiger partial charge in [-0.2, -0.15) is 0 Å². The van der Waals surface area contributed by atoms with Crippen LogP contribution in [0, 0.1) is 0 Å². The largest absolute Gasteiger partial charge is 0.247 e. The van der Waals surface area contributed by atoms with E-state index in [1.807, 2.05) is 0 Å². The molecule has 0 saturated heterocycles. The fraction of sp³-hybridized carbons (Fsp3) is 0. The highest BCUT2D eigenvalue weighted by molar-refractivity contribution is 6.18. The van der Waals surface area contributed by atoms with Gasteiger partial charge in [0.2, 0.25) is 0 Å². The topological polar surface area (TPSA) is 51.6 Å². The van der Waals surface area contributed by atoms with Gasteiger partial charge in [0, 0.05) is 38.4 Å². The maximum atomic E-state index is 5.43. The number of aromatic nitrogens is 4. The van der Waals surface area contributed by atoms with E-state index in [9.17, 15) is 0 Å². The molecule has 11 aromatic carbocycles. The summed E-state index contributed by atoms with van der Waals surface area (Å²) in [6.07, 6.45) is 0. The smallest absolute Gasteiger partial charge is 0.164 e. The minimum Gasteiger partial charge on any atom is -0.247 e. The molecule has 66 heavy (non-hydrogen) atoms. The number of rotatable bonds is 6. The van der Waals surface area contributed by atoms with E-state index < -0.39 is 0 Å². The molecule has 0 radical (unpaired) electrons. The van der Waals surface area contributed by atoms with Gasteiger partial charge in [0.15, 0.2) is 17.5 Å². The van der Waals surface area contributed by atoms with Crippen molar-refractivity contribution in [2.45, 2.75) is 0 Å². The molecule has 13 rings (SSSR count). The van der Waals surface area contributed by atoms with Crippen molar-refractivity contribution in [3.63, 3.8) is 0 Å². The first-order valence-corrected chi connectivity index (χ1v) is 22.4. The van der Waals surface area contributed by atoms with Crippen LogP contribution < -0.4 is 0 Å². The van der Waals surface area contributed by atoms with E-state index in [1.165, 1.54) is 27.3 Å². The molecule has 4 heteroatoms. The van der Waals surface area contributed by atoms with Crippen molar-refractivity contribution in [3.8, 4) is 67.7 Å². The van der Waals surface area contributed by atoms with Gasteiger partial charge in [-0.25, -0.2) is 19.9 Å². The molecule has 306 valence electrons. The first-order chi connectivity index (χ1) is 32.7. The van der Waals surface area contributed by atoms with Crippen molar-refractivity contribution in [3.05, 3.63) is 231 Å². The second-order valence-corrected chi connectivity index (χ2v) is 16.9. The number of benzene rings is 11. The summed E-state index contributed by atoms with van der Waals surface area (Å²) in [7, 11) is 0. The maximum Gasteiger partial charge on any atom is 0.164 e. The van der Waals surface area contributed by atoms with Crippen LogP contribution in [0.3, 0.4) is 0 Å². The maximum absolute atomic E-state index is 5.43. The van der Waals surface area contributed by atoms with Crippen LogP contribution in [-0.4, -0.2) is 19.9 Å². The quantitative estimate of drug-likeness (QED) is 0.157. The van der Waals surface area contributed by atoms with Crippen molar-refractivity contribution in [2.75, 3.05) is 0 Å². The first-order valence-electron chi connectivity index (χ1n) is 22.4. The highest BCUT2D eigenvalue weighted by atomic mass is 15.0. The van der Waals surface area contributed by atoms with E-state index in [4.69, 9.17) is 19.9 Å². The molecule has 4 nitrogen and oxygen atoms in total. The summed E-state index contributed by atoms with van der Waals surface area (Å²) in [5, 5.41) is 12.6. The van der Waals surface area contributed by atoms with Crippen LogP contribution in [0.1, 0.15) is 0 Å². The Kier molecular flexibility index (Phi) is 8.81. The SMILES string of the molecule is c1ccc(-c2nc3cc(-c4cccc(-c5nc(-c6cc7ccccc7c7ccccc67)nc(-c6cc7ccccc7c7ccccc67)n5)c4)ccc3c3c(-c4ccccc4)cccc23)cc1. The summed E-state index contributed by atoms with van der Waals surface area (Å²) in [6.45, 7) is 0. The summed E-state index contributed by atoms with van der Waals surface area (Å²) in [4.78, 5) is 21.5. The zero-order valence-electron chi connectivity index (χ0n) is 35.7. The van der Waals surface area contributed by atoms with E-state index in [0.29, 0.717) is 17.5 Å². The number of hydrogen-bond donors (Lipinski definition) is 0. The van der Waals surface area contributed by atoms with Gasteiger partial charge in [-0.05, 0) is 89.6 Å². The van der Waals surface area contributed by atoms with Crippen molar-refractivity contribution < 1.29 is 0 Å². The molecule has 0 amide bonds. The average molecular weight is 839 g/mol. The summed E-state index contributed by atoms with van der Waals surface area (Å²) >= 11 is 0. The standard InChI is InChI=1S/C62H38N4/c1-3-17-39(18-4-1)48-31-16-32-54-58(48)53-34-33-42(38-57(53)63-59(54)40-19-5-2-6-20-40)41-23-15-24-45(35-41)60-64-61(55-36-43-21-7-9-25-46(43)49-27-11-13-29-51(49)55)66-62(65-60)56-37-44-22-8-10-26-47(44)50-28-12-14-30-52(50)56/h1-38H. The van der Waals surface area contributed by atoms with Crippen LogP contribution in [0.25, 0.3) is 132 Å². The van der Waals surface area contributed by atoms with E-state index in [0.717, 1.165) is 87.7 Å². The minimum absolute atomic E-state index is 0.607. The molecule has 0 aliphatic carbocycles. The molecule has 0 aliphatic heterocycles. The highest BCUT2D eigenvalue weighted by Crippen LogP contribution is 2.41. The molecule has 0 fully saturated rings. The number of pyridine rings is 1. The summed E-state index contributed by atoms with van der Waals surface area (Å²) in [5.41, 5.74) is 10.3. The Bertz CT molecular complexity index is 3910. The molecule has 13 aromatic rings. The molecule has 2 heterocycles. The lowest BCUT2D eigenvalue weighted by molar-refractivity contribution is 1.08. The fourth-order valence-electron chi connectivity index (χ4n) is 9.97. The van der Waals surface area contributed by atoms with Crippen molar-refractivity contribution >= 4 is 64.8 Å². The molecule has 0 unspecified atom stereocenters. The van der Waals surface area contributed by atoms with Gasteiger partial charge in [0.05, 0.1) is 11.2 Å². The Morgan fingerprint density at radius 1 is 0.227 bits per heavy atom. The van der Waals surface area contributed by atoms with Gasteiger partial charge in [-0.15, -0.1) is 0 Å². The third-order valence-corrected chi connectivity index (χ3v) is 13.1. The number of fused-ring (bicyclic) bond motifs is 9. The fourth-order valence-corrected chi connectivity index (χ4v) is 9.97. The normalized spacial score (nSPS) is 11.6. The van der Waals surface area contributed by atoms with Crippen LogP contribution in [0.2, 0.25) is 0 Å². The summed E-state index contributed by atoms with van der Waals surface area (Å²) in [5.74, 6) is 1.86. The third kappa shape index (κ3) is 6.30. The van der Waals surface area contributed by atoms with Gasteiger partial charge < -0.3 is 0 Å². The number of hydrogen-bond acceptors (Lipinski definition) is 4. The molecular formula is C62H38N4. The monoisotopic (exact) mass is 838 g/mol. The van der Waals surface area contributed by atoms with Crippen LogP contribution in [-0.2, 0) is 0 Å². The predicted octanol–water partition coefficient (Wildman–Crippen LogP) is 16.2. The highest BCUT2D eigenvalue weighted by Gasteiger charge is 2.20. The van der Waals surface area contributed by atoms with Gasteiger partial charge in [-0.1, -0.05) is 206 Å². The first kappa shape index (κ1) is 37.7. The van der Waals surface area contributed by atoms with Crippen LogP contribution in [0.4, 0.5) is 0 Å². The second kappa shape index (κ2) is 15.4. The van der Waals surface area contributed by atoms with Crippen LogP contribution in [0.15, 0.2) is 231 Å². The number of nitrogens with zero attached hydrogens (tertiary/aromatic N) is 4. The Morgan fingerprint density at radius 3 is 1.33 bits per heavy atom. The molecule has 0 bridgehead atoms. The van der Waals surface area contributed by atoms with Crippen molar-refractivity contribution in [1.29, 1.82) is 0 Å². The summed E-state index contributed by atoms with van der Waals surface area (Å²) < 4.78 is 0. The van der Waals surface area contributed by atoms with Crippen LogP contribution >= 0.6 is 0 Å². The second-order valence-electron chi connectivity index (χ2n) is 16.9. The predicted molar refractivity (Wildman–Crippen MR) is 275 cm³/mol. The van der Waals surface area contributed by atoms with Crippen molar-refractivity contribution in [2.24, 2.45) is 0 Å². The van der Waals surface area contributed by atoms with Gasteiger partial charge in [0.1, 0.15) is 0 Å². The van der Waals surface area contributed by atoms with E-state index in [1.54, 1.807) is 0 Å². The molecule has 0 spiro atoms. The molecular weight excluding hydrogens is 801 g/mol. The Morgan fingerprint density at radius 2 is 0.697 bits per heavy atom. The average Bonchev–Trinajstić information content (AvgIpc) is 3.40. The van der Waals surface area contributed by atoms with Crippen molar-refractivity contribution in [1.82, 2.24) is 19.9 Å². The molecule has 0 N–H and O–H groups in total. The molecule has 2 aromatic heterocycles. The zero-order valence-corrected chi connectivity index (χ0v) is 35.7. The molecule has 0 atom stereocenters. The minimum atomic E-state index is 0.607. The lowest BCUT2D eigenvalue weighted by atomic mass is 9.92. The van der Waals surface area contributed by atoms with E-state index >= 15 is 0 Å². The Balaban J connectivity index is 1.02. The van der Waals surface area contributed by atoms with Gasteiger partial charge in [-0.3, -0.25) is 0 Å². The zero-order chi connectivity index (χ0) is 43.6. The Labute approximate surface area is 381 Å². The van der Waals surface area contributed by atoms with Crippen LogP contribution in [0.5, 0.6) is 0 Å². The van der Waals surface area contributed by atoms with E-state index in [2.05, 4.69) is 231 Å². The lowest BCUT2D eigenvalue weighted by Crippen LogP contribution is -2.01. The molecule has 0 aliphatic rings. The lowest BCUT2D eigenvalue weighted by Gasteiger charge is -2.15. The van der Waals surface area contributed by atoms with Gasteiger partial charge in [0.25, 0.3) is 0 Å².